The Balaban J connectivity index is 1.85. The Morgan fingerprint density at radius 1 is 1.39 bits per heavy atom. The maximum Gasteiger partial charge on any atom is 0.345 e. The molecule has 2 aromatic heterocycles. The summed E-state index contributed by atoms with van der Waals surface area (Å²) in [6.07, 6.45) is 1.72. The fraction of sp³-hybridized carbons (Fsp3) is 0.200. The molecular weight excluding hydrogens is 258 g/mol. The number of carboxylic acid groups (broad SMARTS) is 1. The molecule has 0 bridgehead atoms. The number of carboxylic acids is 1. The Bertz CT molecular complexity index is 549. The van der Waals surface area contributed by atoms with Crippen LogP contribution in [0.2, 0.25) is 0 Å². The van der Waals surface area contributed by atoms with Crippen molar-refractivity contribution in [2.24, 2.45) is 0 Å². The van der Waals surface area contributed by atoms with Crippen LogP contribution in [-0.4, -0.2) is 33.7 Å². The summed E-state index contributed by atoms with van der Waals surface area (Å²) in [6.45, 7) is 0.349. The van der Waals surface area contributed by atoms with Gasteiger partial charge in [-0.2, -0.15) is 4.98 Å². The van der Waals surface area contributed by atoms with Crippen molar-refractivity contribution in [3.63, 3.8) is 0 Å². The molecule has 7 nitrogen and oxygen atoms in total. The Hall–Kier alpha value is -2.22. The number of amides is 1. The number of aromatic nitrogens is 2. The first-order valence-corrected chi connectivity index (χ1v) is 5.85. The molecule has 18 heavy (non-hydrogen) atoms. The van der Waals surface area contributed by atoms with E-state index in [0.717, 1.165) is 11.3 Å². The summed E-state index contributed by atoms with van der Waals surface area (Å²) in [5.74, 6) is -0.912. The molecule has 2 N–H and O–H groups in total. The lowest BCUT2D eigenvalue weighted by atomic mass is 10.4. The second-order valence-corrected chi connectivity index (χ2v) is 4.39. The first-order valence-electron chi connectivity index (χ1n) is 5.03. The van der Waals surface area contributed by atoms with Crippen LogP contribution < -0.4 is 5.32 Å². The number of carbonyl (C=O) groups is 2. The molecule has 0 unspecified atom stereocenters. The van der Waals surface area contributed by atoms with Gasteiger partial charge in [-0.05, 0) is 12.1 Å². The lowest BCUT2D eigenvalue weighted by Crippen LogP contribution is -2.24. The maximum atomic E-state index is 11.6. The third-order valence-corrected chi connectivity index (χ3v) is 3.14. The Morgan fingerprint density at radius 3 is 2.78 bits per heavy atom. The molecule has 94 valence electrons. The van der Waals surface area contributed by atoms with Crippen LogP contribution in [0.15, 0.2) is 23.0 Å². The standard InChI is InChI=1S/C10H9N3O4S/c14-9(6-1-2-7(18-6)10(15)16)11-4-3-8-12-5-13-17-8/h1-2,5H,3-4H2,(H,11,14)(H,15,16). The number of hydrogen-bond donors (Lipinski definition) is 2. The fourth-order valence-corrected chi connectivity index (χ4v) is 2.01. The molecule has 0 atom stereocenters. The number of thiophene rings is 1. The van der Waals surface area contributed by atoms with E-state index in [4.69, 9.17) is 9.63 Å². The molecule has 8 heteroatoms. The molecule has 0 aliphatic rings. The molecule has 0 saturated carbocycles. The summed E-state index contributed by atoms with van der Waals surface area (Å²) < 4.78 is 4.77. The van der Waals surface area contributed by atoms with Crippen LogP contribution in [-0.2, 0) is 6.42 Å². The van der Waals surface area contributed by atoms with Gasteiger partial charge in [-0.15, -0.1) is 11.3 Å². The molecule has 0 aliphatic heterocycles. The van der Waals surface area contributed by atoms with Gasteiger partial charge in [0.1, 0.15) is 4.88 Å². The van der Waals surface area contributed by atoms with Crippen LogP contribution in [0, 0.1) is 0 Å². The van der Waals surface area contributed by atoms with Gasteiger partial charge in [-0.3, -0.25) is 4.79 Å². The summed E-state index contributed by atoms with van der Waals surface area (Å²) in [7, 11) is 0. The van der Waals surface area contributed by atoms with E-state index in [9.17, 15) is 9.59 Å². The molecule has 0 aliphatic carbocycles. The molecule has 0 spiro atoms. The van der Waals surface area contributed by atoms with Gasteiger partial charge in [0.2, 0.25) is 5.89 Å². The van der Waals surface area contributed by atoms with Crippen molar-refractivity contribution in [1.29, 1.82) is 0 Å². The molecule has 2 aromatic rings. The molecule has 0 radical (unpaired) electrons. The van der Waals surface area contributed by atoms with Gasteiger partial charge in [-0.1, -0.05) is 5.16 Å². The molecule has 1 amide bonds. The van der Waals surface area contributed by atoms with E-state index in [-0.39, 0.29) is 10.8 Å². The highest BCUT2D eigenvalue weighted by Gasteiger charge is 2.12. The monoisotopic (exact) mass is 267 g/mol. The number of hydrogen-bond acceptors (Lipinski definition) is 6. The van der Waals surface area contributed by atoms with Crippen LogP contribution in [0.1, 0.15) is 25.2 Å². The third-order valence-electron chi connectivity index (χ3n) is 2.07. The first-order chi connectivity index (χ1) is 8.66. The predicted octanol–water partition coefficient (Wildman–Crippen LogP) is 0.802. The smallest absolute Gasteiger partial charge is 0.345 e. The maximum absolute atomic E-state index is 11.6. The fourth-order valence-electron chi connectivity index (χ4n) is 1.25. The zero-order valence-electron chi connectivity index (χ0n) is 9.12. The first kappa shape index (κ1) is 12.2. The highest BCUT2D eigenvalue weighted by atomic mass is 32.1. The van der Waals surface area contributed by atoms with Gasteiger partial charge < -0.3 is 14.9 Å². The normalized spacial score (nSPS) is 10.2. The van der Waals surface area contributed by atoms with Crippen LogP contribution in [0.4, 0.5) is 0 Å². The van der Waals surface area contributed by atoms with Gasteiger partial charge in [0.15, 0.2) is 6.33 Å². The van der Waals surface area contributed by atoms with Crippen LogP contribution in [0.25, 0.3) is 0 Å². The Kier molecular flexibility index (Phi) is 3.68. The number of carbonyl (C=O) groups excluding carboxylic acids is 1. The van der Waals surface area contributed by atoms with Gasteiger partial charge in [0.05, 0.1) is 4.88 Å². The topological polar surface area (TPSA) is 105 Å². The highest BCUT2D eigenvalue weighted by molar-refractivity contribution is 7.15. The second kappa shape index (κ2) is 5.41. The summed E-state index contributed by atoms with van der Waals surface area (Å²) in [5, 5.41) is 14.8. The van der Waals surface area contributed by atoms with E-state index in [1.165, 1.54) is 18.5 Å². The minimum absolute atomic E-state index is 0.136. The van der Waals surface area contributed by atoms with E-state index >= 15 is 0 Å². The lowest BCUT2D eigenvalue weighted by molar-refractivity contribution is 0.0702. The Morgan fingerprint density at radius 2 is 2.17 bits per heavy atom. The summed E-state index contributed by atoms with van der Waals surface area (Å²) in [4.78, 5) is 26.6. The summed E-state index contributed by atoms with van der Waals surface area (Å²) in [6, 6.07) is 2.88. The number of nitrogens with one attached hydrogen (secondary N) is 1. The Labute approximate surface area is 105 Å². The summed E-state index contributed by atoms with van der Waals surface area (Å²) >= 11 is 0.934. The van der Waals surface area contributed by atoms with Crippen molar-refractivity contribution in [3.8, 4) is 0 Å². The van der Waals surface area contributed by atoms with Crippen molar-refractivity contribution >= 4 is 23.2 Å². The predicted molar refractivity (Wildman–Crippen MR) is 61.6 cm³/mol. The van der Waals surface area contributed by atoms with Gasteiger partial charge in [0, 0.05) is 13.0 Å². The quantitative estimate of drug-likeness (QED) is 0.830. The van der Waals surface area contributed by atoms with Crippen molar-refractivity contribution in [3.05, 3.63) is 34.1 Å². The van der Waals surface area contributed by atoms with Gasteiger partial charge in [-0.25, -0.2) is 4.79 Å². The lowest BCUT2D eigenvalue weighted by Gasteiger charge is -2.00. The van der Waals surface area contributed by atoms with E-state index in [0.29, 0.717) is 23.7 Å². The van der Waals surface area contributed by atoms with E-state index in [2.05, 4.69) is 15.5 Å². The average Bonchev–Trinajstić information content (AvgIpc) is 2.99. The molecule has 2 heterocycles. The number of aromatic carboxylic acids is 1. The highest BCUT2D eigenvalue weighted by Crippen LogP contribution is 2.16. The van der Waals surface area contributed by atoms with Gasteiger partial charge >= 0.3 is 5.97 Å². The minimum atomic E-state index is -1.04. The zero-order valence-corrected chi connectivity index (χ0v) is 9.94. The largest absolute Gasteiger partial charge is 0.477 e. The van der Waals surface area contributed by atoms with E-state index in [1.54, 1.807) is 0 Å². The second-order valence-electron chi connectivity index (χ2n) is 3.31. The van der Waals surface area contributed by atoms with Crippen LogP contribution >= 0.6 is 11.3 Å². The third kappa shape index (κ3) is 2.92. The number of nitrogens with zero attached hydrogens (tertiary/aromatic N) is 2. The number of rotatable bonds is 5. The molecular formula is C10H9N3O4S. The molecule has 0 fully saturated rings. The van der Waals surface area contributed by atoms with E-state index < -0.39 is 5.97 Å². The molecule has 0 aromatic carbocycles. The minimum Gasteiger partial charge on any atom is -0.477 e. The molecule has 0 saturated heterocycles. The zero-order chi connectivity index (χ0) is 13.0. The van der Waals surface area contributed by atoms with Gasteiger partial charge in [0.25, 0.3) is 5.91 Å². The van der Waals surface area contributed by atoms with Crippen LogP contribution in [0.3, 0.4) is 0 Å². The van der Waals surface area contributed by atoms with Crippen molar-refractivity contribution < 1.29 is 19.2 Å². The van der Waals surface area contributed by atoms with Crippen LogP contribution in [0.5, 0.6) is 0 Å². The SMILES string of the molecule is O=C(O)c1ccc(C(=O)NCCc2ncno2)s1. The van der Waals surface area contributed by atoms with Crippen molar-refractivity contribution in [1.82, 2.24) is 15.5 Å². The average molecular weight is 267 g/mol. The van der Waals surface area contributed by atoms with E-state index in [1.807, 2.05) is 0 Å². The van der Waals surface area contributed by atoms with Crippen molar-refractivity contribution in [2.45, 2.75) is 6.42 Å². The molecule has 2 rings (SSSR count). The van der Waals surface area contributed by atoms with Crippen molar-refractivity contribution in [2.75, 3.05) is 6.54 Å². The summed E-state index contributed by atoms with van der Waals surface area (Å²) in [5.41, 5.74) is 0.